The molecule has 84 valence electrons. The minimum absolute atomic E-state index is 0.348. The highest BCUT2D eigenvalue weighted by Crippen LogP contribution is 2.11. The molecule has 1 unspecified atom stereocenters. The van der Waals surface area contributed by atoms with Crippen molar-refractivity contribution in [3.63, 3.8) is 0 Å². The lowest BCUT2D eigenvalue weighted by atomic mass is 10.3. The van der Waals surface area contributed by atoms with Crippen molar-refractivity contribution in [2.75, 3.05) is 13.2 Å². The molecule has 1 atom stereocenters. The summed E-state index contributed by atoms with van der Waals surface area (Å²) in [5.74, 6) is 0.754. The first-order valence-electron chi connectivity index (χ1n) is 5.20. The van der Waals surface area contributed by atoms with Crippen molar-refractivity contribution in [1.29, 1.82) is 0 Å². The van der Waals surface area contributed by atoms with Crippen LogP contribution in [0.3, 0.4) is 0 Å². The van der Waals surface area contributed by atoms with E-state index >= 15 is 0 Å². The van der Waals surface area contributed by atoms with Gasteiger partial charge in [-0.3, -0.25) is 0 Å². The largest absolute Gasteiger partial charge is 0.490 e. The summed E-state index contributed by atoms with van der Waals surface area (Å²) in [4.78, 5) is 3.94. The third-order valence-corrected chi connectivity index (χ3v) is 2.17. The highest BCUT2D eigenvalue weighted by Gasteiger charge is 2.01. The van der Waals surface area contributed by atoms with E-state index in [4.69, 9.17) is 16.3 Å². The Morgan fingerprint density at radius 1 is 1.53 bits per heavy atom. The van der Waals surface area contributed by atoms with E-state index in [0.29, 0.717) is 17.8 Å². The molecule has 0 aliphatic heterocycles. The zero-order chi connectivity index (χ0) is 11.1. The molecule has 0 bridgehead atoms. The summed E-state index contributed by atoms with van der Waals surface area (Å²) >= 11 is 5.66. The second kappa shape index (κ2) is 6.64. The molecule has 1 N–H and O–H groups in total. The fourth-order valence-electron chi connectivity index (χ4n) is 1.12. The molecule has 0 radical (unpaired) electrons. The third kappa shape index (κ3) is 5.00. The lowest BCUT2D eigenvalue weighted by molar-refractivity contribution is 0.273. The number of pyridine rings is 1. The van der Waals surface area contributed by atoms with Gasteiger partial charge in [0.05, 0.1) is 6.20 Å². The first kappa shape index (κ1) is 12.3. The van der Waals surface area contributed by atoms with Gasteiger partial charge in [-0.15, -0.1) is 0 Å². The number of hydrogen-bond acceptors (Lipinski definition) is 3. The Morgan fingerprint density at radius 2 is 2.33 bits per heavy atom. The van der Waals surface area contributed by atoms with Crippen LogP contribution in [0.5, 0.6) is 5.75 Å². The molecule has 3 nitrogen and oxygen atoms in total. The Bertz CT molecular complexity index is 276. The van der Waals surface area contributed by atoms with Crippen molar-refractivity contribution >= 4 is 11.6 Å². The van der Waals surface area contributed by atoms with E-state index in [9.17, 15) is 0 Å². The molecule has 0 saturated heterocycles. The van der Waals surface area contributed by atoms with E-state index in [-0.39, 0.29) is 0 Å². The van der Waals surface area contributed by atoms with E-state index in [1.54, 1.807) is 12.3 Å². The van der Waals surface area contributed by atoms with Crippen LogP contribution >= 0.6 is 11.6 Å². The van der Waals surface area contributed by atoms with Gasteiger partial charge in [0, 0.05) is 6.04 Å². The number of hydrogen-bond donors (Lipinski definition) is 1. The van der Waals surface area contributed by atoms with Gasteiger partial charge in [-0.2, -0.15) is 0 Å². The van der Waals surface area contributed by atoms with Gasteiger partial charge in [0.1, 0.15) is 17.5 Å². The molecule has 0 aliphatic rings. The Morgan fingerprint density at radius 3 is 2.93 bits per heavy atom. The van der Waals surface area contributed by atoms with Crippen molar-refractivity contribution in [1.82, 2.24) is 10.3 Å². The van der Waals surface area contributed by atoms with Gasteiger partial charge in [-0.25, -0.2) is 4.98 Å². The van der Waals surface area contributed by atoms with Crippen LogP contribution in [0.15, 0.2) is 18.3 Å². The average molecular weight is 229 g/mol. The van der Waals surface area contributed by atoms with Crippen LogP contribution < -0.4 is 10.1 Å². The molecule has 0 saturated carbocycles. The number of ether oxygens (including phenoxy) is 1. The van der Waals surface area contributed by atoms with Gasteiger partial charge in [-0.05, 0) is 32.0 Å². The van der Waals surface area contributed by atoms with Gasteiger partial charge in [-0.1, -0.05) is 18.5 Å². The lowest BCUT2D eigenvalue weighted by Gasteiger charge is -2.13. The van der Waals surface area contributed by atoms with Gasteiger partial charge < -0.3 is 10.1 Å². The predicted molar refractivity (Wildman–Crippen MR) is 62.5 cm³/mol. The number of nitrogens with zero attached hydrogens (tertiary/aromatic N) is 1. The standard InChI is InChI=1S/C11H17ClN2O/c1-3-6-13-9(2)8-15-10-4-5-11(12)14-7-10/h4-5,7,9,13H,3,6,8H2,1-2H3. The predicted octanol–water partition coefficient (Wildman–Crippen LogP) is 2.50. The number of aromatic nitrogens is 1. The van der Waals surface area contributed by atoms with Crippen LogP contribution in [0, 0.1) is 0 Å². The highest BCUT2D eigenvalue weighted by atomic mass is 35.5. The maximum absolute atomic E-state index is 5.66. The van der Waals surface area contributed by atoms with Crippen LogP contribution in [0.25, 0.3) is 0 Å². The minimum Gasteiger partial charge on any atom is -0.490 e. The molecule has 0 aliphatic carbocycles. The molecule has 0 aromatic carbocycles. The van der Waals surface area contributed by atoms with E-state index in [0.717, 1.165) is 18.7 Å². The summed E-state index contributed by atoms with van der Waals surface area (Å²) in [6.07, 6.45) is 2.77. The molecule has 1 aromatic heterocycles. The van der Waals surface area contributed by atoms with Crippen molar-refractivity contribution < 1.29 is 4.74 Å². The first-order valence-corrected chi connectivity index (χ1v) is 5.58. The number of nitrogens with one attached hydrogen (secondary N) is 1. The van der Waals surface area contributed by atoms with Gasteiger partial charge in [0.15, 0.2) is 0 Å². The summed E-state index contributed by atoms with van der Waals surface area (Å²) in [7, 11) is 0. The maximum Gasteiger partial charge on any atom is 0.137 e. The minimum atomic E-state index is 0.348. The van der Waals surface area contributed by atoms with Gasteiger partial charge in [0.2, 0.25) is 0 Å². The quantitative estimate of drug-likeness (QED) is 0.760. The summed E-state index contributed by atoms with van der Waals surface area (Å²) in [5.41, 5.74) is 0. The monoisotopic (exact) mass is 228 g/mol. The fourth-order valence-corrected chi connectivity index (χ4v) is 1.23. The molecule has 0 amide bonds. The van der Waals surface area contributed by atoms with Crippen LogP contribution in [0.4, 0.5) is 0 Å². The average Bonchev–Trinajstić information content (AvgIpc) is 2.25. The lowest BCUT2D eigenvalue weighted by Crippen LogP contribution is -2.32. The second-order valence-electron chi connectivity index (χ2n) is 3.48. The van der Waals surface area contributed by atoms with Gasteiger partial charge in [0.25, 0.3) is 0 Å². The molecule has 1 rings (SSSR count). The second-order valence-corrected chi connectivity index (χ2v) is 3.87. The van der Waals surface area contributed by atoms with Crippen molar-refractivity contribution in [2.24, 2.45) is 0 Å². The number of halogens is 1. The van der Waals surface area contributed by atoms with Crippen LogP contribution in [-0.2, 0) is 0 Å². The van der Waals surface area contributed by atoms with Crippen molar-refractivity contribution in [2.45, 2.75) is 26.3 Å². The summed E-state index contributed by atoms with van der Waals surface area (Å²) in [6, 6.07) is 3.89. The molecule has 1 aromatic rings. The maximum atomic E-state index is 5.66. The molecule has 1 heterocycles. The van der Waals surface area contributed by atoms with E-state index in [1.165, 1.54) is 0 Å². The zero-order valence-electron chi connectivity index (χ0n) is 9.16. The highest BCUT2D eigenvalue weighted by molar-refractivity contribution is 6.29. The van der Waals surface area contributed by atoms with Crippen LogP contribution in [0.2, 0.25) is 5.15 Å². The molecule has 0 fully saturated rings. The third-order valence-electron chi connectivity index (χ3n) is 1.94. The van der Waals surface area contributed by atoms with Crippen molar-refractivity contribution in [3.8, 4) is 5.75 Å². The Labute approximate surface area is 95.8 Å². The summed E-state index contributed by atoms with van der Waals surface area (Å²) in [6.45, 7) is 5.90. The molecular formula is C11H17ClN2O. The molecule has 0 spiro atoms. The van der Waals surface area contributed by atoms with E-state index in [1.807, 2.05) is 6.07 Å². The van der Waals surface area contributed by atoms with Crippen LogP contribution in [-0.4, -0.2) is 24.2 Å². The molecular weight excluding hydrogens is 212 g/mol. The molecule has 15 heavy (non-hydrogen) atoms. The topological polar surface area (TPSA) is 34.1 Å². The van der Waals surface area contributed by atoms with E-state index < -0.39 is 0 Å². The van der Waals surface area contributed by atoms with Crippen molar-refractivity contribution in [3.05, 3.63) is 23.5 Å². The normalized spacial score (nSPS) is 12.5. The molecule has 4 heteroatoms. The number of rotatable bonds is 6. The van der Waals surface area contributed by atoms with Crippen LogP contribution in [0.1, 0.15) is 20.3 Å². The van der Waals surface area contributed by atoms with E-state index in [2.05, 4.69) is 24.1 Å². The fraction of sp³-hybridized carbons (Fsp3) is 0.545. The summed E-state index contributed by atoms with van der Waals surface area (Å²) in [5, 5.41) is 3.83. The SMILES string of the molecule is CCCNC(C)COc1ccc(Cl)nc1. The zero-order valence-corrected chi connectivity index (χ0v) is 9.92. The van der Waals surface area contributed by atoms with Gasteiger partial charge >= 0.3 is 0 Å². The Hall–Kier alpha value is -0.800. The summed E-state index contributed by atoms with van der Waals surface area (Å²) < 4.78 is 5.54. The Kier molecular flexibility index (Phi) is 5.43. The Balaban J connectivity index is 2.27. The smallest absolute Gasteiger partial charge is 0.137 e. The first-order chi connectivity index (χ1) is 7.22.